The lowest BCUT2D eigenvalue weighted by Gasteiger charge is -2.31. The zero-order valence-electron chi connectivity index (χ0n) is 19.6. The van der Waals surface area contributed by atoms with Crippen molar-refractivity contribution in [2.24, 2.45) is 0 Å². The summed E-state index contributed by atoms with van der Waals surface area (Å²) >= 11 is 12.5. The zero-order valence-corrected chi connectivity index (χ0v) is 21.1. The van der Waals surface area contributed by atoms with E-state index in [1.807, 2.05) is 24.3 Å². The van der Waals surface area contributed by atoms with Gasteiger partial charge in [-0.05, 0) is 48.7 Å². The number of nitrogens with zero attached hydrogens (tertiary/aromatic N) is 3. The summed E-state index contributed by atoms with van der Waals surface area (Å²) in [5.41, 5.74) is 3.31. The Bertz CT molecular complexity index is 1680. The van der Waals surface area contributed by atoms with Crippen molar-refractivity contribution in [2.75, 3.05) is 13.1 Å². The molecule has 10 heteroatoms. The van der Waals surface area contributed by atoms with Crippen molar-refractivity contribution < 1.29 is 9.18 Å². The molecule has 6 rings (SSSR count). The minimum Gasteiger partial charge on any atom is -0.342 e. The Morgan fingerprint density at radius 3 is 2.68 bits per heavy atom. The van der Waals surface area contributed by atoms with E-state index in [-0.39, 0.29) is 33.1 Å². The van der Waals surface area contributed by atoms with Crippen LogP contribution < -0.4 is 5.56 Å². The van der Waals surface area contributed by atoms with Gasteiger partial charge in [0.15, 0.2) is 0 Å². The SMILES string of the molecule is O=C(c1cc(Cc2c[nH]c(=O)c3cc(Cl)c(Cl)n23)ccc1F)N1CCC(c2nc3ccccc3[nH]2)CC1. The number of fused-ring (bicyclic) bond motifs is 2. The molecule has 2 N–H and O–H groups in total. The third-order valence-electron chi connectivity index (χ3n) is 7.01. The van der Waals surface area contributed by atoms with E-state index in [1.54, 1.807) is 27.6 Å². The first kappa shape index (κ1) is 23.8. The Morgan fingerprint density at radius 2 is 1.89 bits per heavy atom. The molecule has 1 amide bonds. The number of likely N-dealkylation sites (tertiary alicyclic amines) is 1. The molecule has 188 valence electrons. The van der Waals surface area contributed by atoms with Crippen molar-refractivity contribution in [3.05, 3.63) is 104 Å². The molecule has 0 bridgehead atoms. The van der Waals surface area contributed by atoms with Crippen LogP contribution in [0.1, 0.15) is 46.2 Å². The Kier molecular flexibility index (Phi) is 6.01. The van der Waals surface area contributed by atoms with E-state index in [0.717, 1.165) is 29.7 Å². The molecule has 0 aliphatic carbocycles. The third kappa shape index (κ3) is 4.30. The first-order valence-electron chi connectivity index (χ1n) is 12.0. The summed E-state index contributed by atoms with van der Waals surface area (Å²) in [7, 11) is 0. The molecule has 4 heterocycles. The van der Waals surface area contributed by atoms with E-state index in [2.05, 4.69) is 9.97 Å². The summed E-state index contributed by atoms with van der Waals surface area (Å²) in [6.45, 7) is 1.03. The van der Waals surface area contributed by atoms with Crippen molar-refractivity contribution in [3.8, 4) is 0 Å². The topological polar surface area (TPSA) is 86.3 Å². The number of rotatable bonds is 4. The van der Waals surface area contributed by atoms with Gasteiger partial charge in [0.05, 0.1) is 21.6 Å². The van der Waals surface area contributed by atoms with E-state index < -0.39 is 5.82 Å². The van der Waals surface area contributed by atoms with Gasteiger partial charge < -0.3 is 14.9 Å². The second kappa shape index (κ2) is 9.36. The van der Waals surface area contributed by atoms with E-state index >= 15 is 0 Å². The van der Waals surface area contributed by atoms with Crippen molar-refractivity contribution in [2.45, 2.75) is 25.2 Å². The quantitative estimate of drug-likeness (QED) is 0.314. The summed E-state index contributed by atoms with van der Waals surface area (Å²) in [6, 6.07) is 13.9. The highest BCUT2D eigenvalue weighted by Gasteiger charge is 2.28. The van der Waals surface area contributed by atoms with Gasteiger partial charge >= 0.3 is 0 Å². The highest BCUT2D eigenvalue weighted by atomic mass is 35.5. The van der Waals surface area contributed by atoms with Gasteiger partial charge in [-0.3, -0.25) is 14.0 Å². The predicted octanol–water partition coefficient (Wildman–Crippen LogP) is 5.56. The molecule has 1 saturated heterocycles. The summed E-state index contributed by atoms with van der Waals surface area (Å²) in [5.74, 6) is 0.240. The number of hydrogen-bond donors (Lipinski definition) is 2. The number of piperidine rings is 1. The first-order valence-corrected chi connectivity index (χ1v) is 12.7. The van der Waals surface area contributed by atoms with E-state index in [1.165, 1.54) is 12.1 Å². The number of carbonyl (C=O) groups excluding carboxylic acids is 1. The largest absolute Gasteiger partial charge is 0.342 e. The molecule has 0 atom stereocenters. The average molecular weight is 538 g/mol. The molecular formula is C27H22Cl2FN5O2. The molecule has 1 aliphatic heterocycles. The number of carbonyl (C=O) groups is 1. The fourth-order valence-electron chi connectivity index (χ4n) is 5.07. The molecule has 7 nitrogen and oxygen atoms in total. The Balaban J connectivity index is 1.21. The van der Waals surface area contributed by atoms with Crippen LogP contribution in [0.2, 0.25) is 10.2 Å². The number of aromatic nitrogens is 4. The van der Waals surface area contributed by atoms with Crippen LogP contribution in [-0.2, 0) is 6.42 Å². The molecule has 0 radical (unpaired) electrons. The average Bonchev–Trinajstić information content (AvgIpc) is 3.48. The fourth-order valence-corrected chi connectivity index (χ4v) is 5.51. The highest BCUT2D eigenvalue weighted by Crippen LogP contribution is 2.30. The number of nitrogens with one attached hydrogen (secondary N) is 2. The minimum atomic E-state index is -0.568. The molecule has 3 aromatic heterocycles. The van der Waals surface area contributed by atoms with Crippen LogP contribution in [0.3, 0.4) is 0 Å². The minimum absolute atomic E-state index is 0.0250. The standard InChI is InChI=1S/C27H22Cl2FN5O2/c28-19-13-23-26(36)31-14-17(35(23)24(19)29)11-15-5-6-20(30)18(12-15)27(37)34-9-7-16(8-10-34)25-32-21-3-1-2-4-22(21)33-25/h1-6,12-14,16H,7-11H2,(H,31,36)(H,32,33). The van der Waals surface area contributed by atoms with Gasteiger partial charge in [0.25, 0.3) is 11.5 Å². The monoisotopic (exact) mass is 537 g/mol. The van der Waals surface area contributed by atoms with Gasteiger partial charge in [-0.2, -0.15) is 0 Å². The number of halogens is 3. The zero-order chi connectivity index (χ0) is 25.7. The molecule has 0 unspecified atom stereocenters. The van der Waals surface area contributed by atoms with Crippen LogP contribution in [-0.4, -0.2) is 43.2 Å². The van der Waals surface area contributed by atoms with Crippen LogP contribution in [0.5, 0.6) is 0 Å². The first-order chi connectivity index (χ1) is 17.9. The normalized spacial score (nSPS) is 14.6. The van der Waals surface area contributed by atoms with Crippen LogP contribution in [0, 0.1) is 5.82 Å². The molecule has 0 spiro atoms. The van der Waals surface area contributed by atoms with Crippen molar-refractivity contribution >= 4 is 45.7 Å². The lowest BCUT2D eigenvalue weighted by molar-refractivity contribution is 0.0706. The van der Waals surface area contributed by atoms with Crippen molar-refractivity contribution in [1.82, 2.24) is 24.3 Å². The van der Waals surface area contributed by atoms with Gasteiger partial charge in [-0.15, -0.1) is 0 Å². The molecule has 1 aliphatic rings. The number of para-hydroxylation sites is 2. The Morgan fingerprint density at radius 1 is 1.11 bits per heavy atom. The van der Waals surface area contributed by atoms with Gasteiger partial charge in [0.1, 0.15) is 22.3 Å². The van der Waals surface area contributed by atoms with Gasteiger partial charge in [0, 0.05) is 37.3 Å². The van der Waals surface area contributed by atoms with Gasteiger partial charge in [-0.25, -0.2) is 9.37 Å². The Hall–Kier alpha value is -3.62. The van der Waals surface area contributed by atoms with Gasteiger partial charge in [-0.1, -0.05) is 41.4 Å². The number of H-pyrrole nitrogens is 2. The van der Waals surface area contributed by atoms with Crippen LogP contribution >= 0.6 is 23.2 Å². The van der Waals surface area contributed by atoms with Crippen LogP contribution in [0.25, 0.3) is 16.6 Å². The second-order valence-corrected chi connectivity index (χ2v) is 10.1. The predicted molar refractivity (Wildman–Crippen MR) is 141 cm³/mol. The number of benzene rings is 2. The van der Waals surface area contributed by atoms with Crippen LogP contribution in [0.4, 0.5) is 4.39 Å². The summed E-state index contributed by atoms with van der Waals surface area (Å²) < 4.78 is 16.4. The Labute approximate surface area is 220 Å². The molecule has 1 fully saturated rings. The lowest BCUT2D eigenvalue weighted by Crippen LogP contribution is -2.38. The summed E-state index contributed by atoms with van der Waals surface area (Å²) in [4.78, 5) is 37.9. The number of hydrogen-bond acceptors (Lipinski definition) is 3. The van der Waals surface area contributed by atoms with E-state index in [0.29, 0.717) is 36.3 Å². The van der Waals surface area contributed by atoms with Crippen molar-refractivity contribution in [3.63, 3.8) is 0 Å². The lowest BCUT2D eigenvalue weighted by atomic mass is 9.95. The summed E-state index contributed by atoms with van der Waals surface area (Å²) in [6.07, 6.45) is 3.35. The number of imidazole rings is 1. The number of amides is 1. The molecular weight excluding hydrogens is 516 g/mol. The maximum absolute atomic E-state index is 14.8. The van der Waals surface area contributed by atoms with Gasteiger partial charge in [0.2, 0.25) is 0 Å². The molecule has 2 aromatic carbocycles. The maximum Gasteiger partial charge on any atom is 0.272 e. The third-order valence-corrected chi connectivity index (χ3v) is 7.77. The highest BCUT2D eigenvalue weighted by molar-refractivity contribution is 6.42. The van der Waals surface area contributed by atoms with Crippen molar-refractivity contribution in [1.29, 1.82) is 0 Å². The molecule has 0 saturated carbocycles. The number of aromatic amines is 2. The fraction of sp³-hybridized carbons (Fsp3) is 0.222. The van der Waals surface area contributed by atoms with Crippen LogP contribution in [0.15, 0.2) is 59.5 Å². The molecule has 5 aromatic rings. The summed E-state index contributed by atoms with van der Waals surface area (Å²) in [5, 5.41) is 0.490. The smallest absolute Gasteiger partial charge is 0.272 e. The second-order valence-electron chi connectivity index (χ2n) is 9.31. The maximum atomic E-state index is 14.8. The van der Waals surface area contributed by atoms with E-state index in [9.17, 15) is 14.0 Å². The molecule has 37 heavy (non-hydrogen) atoms. The van der Waals surface area contributed by atoms with E-state index in [4.69, 9.17) is 28.2 Å².